The van der Waals surface area contributed by atoms with Gasteiger partial charge in [0, 0.05) is 11.3 Å². The monoisotopic (exact) mass is 178 g/mol. The molecule has 0 fully saturated rings. The minimum atomic E-state index is 1.06. The van der Waals surface area contributed by atoms with Crippen molar-refractivity contribution in [1.82, 2.24) is 0 Å². The summed E-state index contributed by atoms with van der Waals surface area (Å²) in [6, 6.07) is 8.47. The van der Waals surface area contributed by atoms with E-state index in [-0.39, 0.29) is 0 Å². The van der Waals surface area contributed by atoms with Crippen molar-refractivity contribution in [2.24, 2.45) is 0 Å². The van der Waals surface area contributed by atoms with Crippen molar-refractivity contribution in [2.45, 2.75) is 25.2 Å². The molecule has 0 unspecified atom stereocenters. The average molecular weight is 178 g/mol. The first-order valence-corrected chi connectivity index (χ1v) is 5.11. The van der Waals surface area contributed by atoms with Gasteiger partial charge in [-0.25, -0.2) is 0 Å². The van der Waals surface area contributed by atoms with Gasteiger partial charge in [0.25, 0.3) is 0 Å². The van der Waals surface area contributed by atoms with E-state index in [1.807, 2.05) is 13.8 Å². The molecule has 64 valence electrons. The van der Waals surface area contributed by atoms with Crippen molar-refractivity contribution < 1.29 is 0 Å². The number of thioether (sulfide) groups is 1. The van der Waals surface area contributed by atoms with Gasteiger partial charge in [0.15, 0.2) is 0 Å². The molecule has 1 aliphatic rings. The molecule has 0 saturated heterocycles. The Balaban J connectivity index is 0.000000336. The summed E-state index contributed by atoms with van der Waals surface area (Å²) >= 11 is 1.80. The molecule has 0 atom stereocenters. The Morgan fingerprint density at radius 1 is 1.25 bits per heavy atom. The highest BCUT2D eigenvalue weighted by Crippen LogP contribution is 2.38. The van der Waals surface area contributed by atoms with Gasteiger partial charge in [-0.05, 0) is 16.5 Å². The second-order valence-electron chi connectivity index (χ2n) is 2.43. The van der Waals surface area contributed by atoms with Crippen molar-refractivity contribution in [3.05, 3.63) is 41.3 Å². The molecule has 12 heavy (non-hydrogen) atoms. The molecule has 1 aromatic carbocycles. The third kappa shape index (κ3) is 1.92. The maximum Gasteiger partial charge on any atom is 0.0154 e. The van der Waals surface area contributed by atoms with E-state index in [1.54, 1.807) is 11.8 Å². The van der Waals surface area contributed by atoms with Crippen LogP contribution >= 0.6 is 11.8 Å². The molecule has 1 heteroatoms. The second kappa shape index (κ2) is 4.36. The summed E-state index contributed by atoms with van der Waals surface area (Å²) in [5.41, 5.74) is 1.43. The largest absolute Gasteiger partial charge is 0.0945 e. The van der Waals surface area contributed by atoms with Gasteiger partial charge in [-0.3, -0.25) is 0 Å². The first-order chi connectivity index (χ1) is 5.86. The van der Waals surface area contributed by atoms with E-state index in [4.69, 9.17) is 0 Å². The van der Waals surface area contributed by atoms with E-state index in [2.05, 4.69) is 30.8 Å². The van der Waals surface area contributed by atoms with Crippen LogP contribution in [0.2, 0.25) is 0 Å². The number of fused-ring (bicyclic) bond motifs is 1. The van der Waals surface area contributed by atoms with Crippen LogP contribution in [0.3, 0.4) is 0 Å². The molecule has 0 radical (unpaired) electrons. The van der Waals surface area contributed by atoms with Gasteiger partial charge in [0.05, 0.1) is 0 Å². The predicted octanol–water partition coefficient (Wildman–Crippen LogP) is 3.87. The summed E-state index contributed by atoms with van der Waals surface area (Å²) in [6.07, 6.45) is 1.06. The first kappa shape index (κ1) is 9.40. The van der Waals surface area contributed by atoms with E-state index < -0.39 is 0 Å². The van der Waals surface area contributed by atoms with Crippen LogP contribution < -0.4 is 0 Å². The van der Waals surface area contributed by atoms with Crippen molar-refractivity contribution in [3.8, 4) is 0 Å². The lowest BCUT2D eigenvalue weighted by atomic mass is 10.2. The maximum atomic E-state index is 3.93. The van der Waals surface area contributed by atoms with E-state index >= 15 is 0 Å². The van der Waals surface area contributed by atoms with Crippen LogP contribution in [0.5, 0.6) is 0 Å². The highest BCUT2D eigenvalue weighted by atomic mass is 32.2. The average Bonchev–Trinajstić information content (AvgIpc) is 2.48. The van der Waals surface area contributed by atoms with Gasteiger partial charge in [0.2, 0.25) is 0 Å². The van der Waals surface area contributed by atoms with Crippen LogP contribution in [-0.2, 0) is 6.42 Å². The number of allylic oxidation sites excluding steroid dienone is 1. The quantitative estimate of drug-likeness (QED) is 0.581. The van der Waals surface area contributed by atoms with Crippen LogP contribution in [0.4, 0.5) is 0 Å². The molecule has 0 saturated carbocycles. The van der Waals surface area contributed by atoms with Crippen molar-refractivity contribution in [2.75, 3.05) is 0 Å². The van der Waals surface area contributed by atoms with Gasteiger partial charge in [-0.15, -0.1) is 0 Å². The maximum absolute atomic E-state index is 3.93. The third-order valence-electron chi connectivity index (χ3n) is 1.61. The number of hydrogen-bond acceptors (Lipinski definition) is 1. The van der Waals surface area contributed by atoms with Gasteiger partial charge in [-0.2, -0.15) is 0 Å². The van der Waals surface area contributed by atoms with Crippen molar-refractivity contribution >= 4 is 11.8 Å². The topological polar surface area (TPSA) is 0 Å². The van der Waals surface area contributed by atoms with E-state index in [0.717, 1.165) is 6.42 Å². The Kier molecular flexibility index (Phi) is 3.42. The normalized spacial score (nSPS) is 13.3. The van der Waals surface area contributed by atoms with Crippen LogP contribution in [-0.4, -0.2) is 0 Å². The van der Waals surface area contributed by atoms with Crippen LogP contribution in [0.15, 0.2) is 40.6 Å². The molecule has 0 spiro atoms. The van der Waals surface area contributed by atoms with Gasteiger partial charge >= 0.3 is 0 Å². The van der Waals surface area contributed by atoms with Gasteiger partial charge < -0.3 is 0 Å². The molecule has 0 nitrogen and oxygen atoms in total. The van der Waals surface area contributed by atoms with E-state index in [1.165, 1.54) is 15.4 Å². The Bertz CT molecular complexity index is 249. The van der Waals surface area contributed by atoms with Crippen LogP contribution in [0.25, 0.3) is 0 Å². The molecule has 1 aromatic rings. The molecule has 0 aromatic heterocycles. The van der Waals surface area contributed by atoms with Crippen molar-refractivity contribution in [3.63, 3.8) is 0 Å². The van der Waals surface area contributed by atoms with E-state index in [0.29, 0.717) is 0 Å². The zero-order valence-electron chi connectivity index (χ0n) is 7.63. The van der Waals surface area contributed by atoms with Crippen molar-refractivity contribution in [1.29, 1.82) is 0 Å². The number of rotatable bonds is 0. The standard InChI is InChI=1S/C9H8S.C2H6/c1-7-6-8-4-2-3-5-9(8)10-7;1-2/h2-5H,1,6H2;1-2H3. The van der Waals surface area contributed by atoms with Gasteiger partial charge in [0.1, 0.15) is 0 Å². The van der Waals surface area contributed by atoms with E-state index in [9.17, 15) is 0 Å². The molecule has 0 aliphatic carbocycles. The fourth-order valence-corrected chi connectivity index (χ4v) is 2.11. The lowest BCUT2D eigenvalue weighted by Crippen LogP contribution is -1.75. The summed E-state index contributed by atoms with van der Waals surface area (Å²) in [6.45, 7) is 7.93. The number of benzene rings is 1. The molecule has 1 heterocycles. The Morgan fingerprint density at radius 3 is 2.58 bits per heavy atom. The minimum Gasteiger partial charge on any atom is -0.0945 e. The highest BCUT2D eigenvalue weighted by Gasteiger charge is 2.12. The highest BCUT2D eigenvalue weighted by molar-refractivity contribution is 8.03. The lowest BCUT2D eigenvalue weighted by Gasteiger charge is -1.91. The Morgan fingerprint density at radius 2 is 1.92 bits per heavy atom. The third-order valence-corrected chi connectivity index (χ3v) is 2.67. The second-order valence-corrected chi connectivity index (χ2v) is 3.65. The SMILES string of the molecule is C=C1Cc2ccccc2S1.CC. The predicted molar refractivity (Wildman–Crippen MR) is 56.5 cm³/mol. The summed E-state index contributed by atoms with van der Waals surface area (Å²) in [5, 5.41) is 0. The number of hydrogen-bond donors (Lipinski definition) is 0. The molecule has 1 aliphatic heterocycles. The summed E-state index contributed by atoms with van der Waals surface area (Å²) in [4.78, 5) is 2.65. The first-order valence-electron chi connectivity index (χ1n) is 4.30. The Hall–Kier alpha value is -0.690. The van der Waals surface area contributed by atoms with Crippen LogP contribution in [0, 0.1) is 0 Å². The summed E-state index contributed by atoms with van der Waals surface area (Å²) in [7, 11) is 0. The summed E-state index contributed by atoms with van der Waals surface area (Å²) in [5.74, 6) is 0. The molecule has 0 amide bonds. The molecular weight excluding hydrogens is 164 g/mol. The Labute approximate surface area is 78.7 Å². The molecule has 0 bridgehead atoms. The van der Waals surface area contributed by atoms with Gasteiger partial charge in [-0.1, -0.05) is 50.4 Å². The fourth-order valence-electron chi connectivity index (χ4n) is 1.15. The minimum absolute atomic E-state index is 1.06. The smallest absolute Gasteiger partial charge is 0.0154 e. The molecule has 2 rings (SSSR count). The summed E-state index contributed by atoms with van der Waals surface area (Å²) < 4.78 is 0. The zero-order valence-corrected chi connectivity index (χ0v) is 8.45. The zero-order chi connectivity index (χ0) is 8.97. The molecular formula is C11H14S. The fraction of sp³-hybridized carbons (Fsp3) is 0.273. The lowest BCUT2D eigenvalue weighted by molar-refractivity contribution is 1.21. The van der Waals surface area contributed by atoms with Crippen LogP contribution in [0.1, 0.15) is 19.4 Å². The molecule has 0 N–H and O–H groups in total.